The fraction of sp³-hybridized carbons (Fsp3) is 1.00. The molecule has 0 amide bonds. The Balaban J connectivity index is 2.40. The summed E-state index contributed by atoms with van der Waals surface area (Å²) in [7, 11) is 1.85. The van der Waals surface area contributed by atoms with E-state index in [1.54, 1.807) is 0 Å². The maximum absolute atomic E-state index is 5.50. The van der Waals surface area contributed by atoms with Gasteiger partial charge in [-0.1, -0.05) is 39.5 Å². The van der Waals surface area contributed by atoms with Crippen LogP contribution in [0.4, 0.5) is 0 Å². The zero-order chi connectivity index (χ0) is 8.27. The summed E-state index contributed by atoms with van der Waals surface area (Å²) in [4.78, 5) is 0. The lowest BCUT2D eigenvalue weighted by atomic mass is 9.47. The van der Waals surface area contributed by atoms with Crippen molar-refractivity contribution in [2.75, 3.05) is 7.11 Å². The van der Waals surface area contributed by atoms with E-state index in [-0.39, 0.29) is 0 Å². The van der Waals surface area contributed by atoms with Crippen molar-refractivity contribution in [1.29, 1.82) is 0 Å². The van der Waals surface area contributed by atoms with Gasteiger partial charge < -0.3 is 4.65 Å². The Hall–Kier alpha value is 0.0249. The summed E-state index contributed by atoms with van der Waals surface area (Å²) in [5.74, 6) is 1.53. The molecule has 1 rings (SSSR count). The number of hydrogen-bond donors (Lipinski definition) is 0. The largest absolute Gasteiger partial charge is 0.438 e. The van der Waals surface area contributed by atoms with Crippen LogP contribution >= 0.6 is 0 Å². The zero-order valence-electron chi connectivity index (χ0n) is 7.97. The molecule has 0 aromatic carbocycles. The highest BCUT2D eigenvalue weighted by Gasteiger charge is 2.31. The predicted octanol–water partition coefficient (Wildman–Crippen LogP) is 2.98. The summed E-state index contributed by atoms with van der Waals surface area (Å²) >= 11 is 0. The molecule has 0 bridgehead atoms. The van der Waals surface area contributed by atoms with Gasteiger partial charge in [0.05, 0.1) is 0 Å². The first kappa shape index (κ1) is 9.12. The molecule has 0 atom stereocenters. The van der Waals surface area contributed by atoms with Crippen LogP contribution in [0, 0.1) is 0 Å². The van der Waals surface area contributed by atoms with Crippen LogP contribution in [0.5, 0.6) is 0 Å². The van der Waals surface area contributed by atoms with Gasteiger partial charge in [0.1, 0.15) is 0 Å². The first-order valence-electron chi connectivity index (χ1n) is 4.78. The van der Waals surface area contributed by atoms with Crippen molar-refractivity contribution in [2.24, 2.45) is 0 Å². The second kappa shape index (κ2) is 4.15. The van der Waals surface area contributed by atoms with Crippen molar-refractivity contribution in [2.45, 2.75) is 51.2 Å². The molecule has 1 nitrogen and oxygen atoms in total. The van der Waals surface area contributed by atoms with Crippen LogP contribution in [0.25, 0.3) is 0 Å². The Morgan fingerprint density at radius 2 is 1.82 bits per heavy atom. The van der Waals surface area contributed by atoms with Crippen molar-refractivity contribution < 1.29 is 4.65 Å². The van der Waals surface area contributed by atoms with Gasteiger partial charge in [-0.25, -0.2) is 0 Å². The summed E-state index contributed by atoms with van der Waals surface area (Å²) in [6.07, 6.45) is 5.60. The molecule has 0 aromatic rings. The van der Waals surface area contributed by atoms with Crippen molar-refractivity contribution >= 4 is 6.92 Å². The molecule has 64 valence electrons. The van der Waals surface area contributed by atoms with Gasteiger partial charge in [0.25, 0.3) is 6.92 Å². The summed E-state index contributed by atoms with van der Waals surface area (Å²) < 4.78 is 5.50. The van der Waals surface area contributed by atoms with Gasteiger partial charge >= 0.3 is 0 Å². The van der Waals surface area contributed by atoms with Crippen molar-refractivity contribution in [3.63, 3.8) is 0 Å². The van der Waals surface area contributed by atoms with Gasteiger partial charge in [-0.2, -0.15) is 0 Å². The minimum absolute atomic E-state index is 0.512. The molecule has 0 heterocycles. The Kier molecular flexibility index (Phi) is 3.44. The second-order valence-corrected chi connectivity index (χ2v) is 3.99. The van der Waals surface area contributed by atoms with E-state index >= 15 is 0 Å². The maximum Gasteiger partial charge on any atom is 0.298 e. The average Bonchev–Trinajstić information content (AvgIpc) is 2.40. The van der Waals surface area contributed by atoms with Crippen molar-refractivity contribution in [3.05, 3.63) is 0 Å². The SMILES string of the molecule is COB(C(C)C)C1CCCC1. The summed E-state index contributed by atoms with van der Waals surface area (Å²) in [6.45, 7) is 5.02. The third-order valence-electron chi connectivity index (χ3n) is 2.79. The van der Waals surface area contributed by atoms with Gasteiger partial charge in [0.2, 0.25) is 0 Å². The fourth-order valence-corrected chi connectivity index (χ4v) is 2.29. The molecule has 1 aliphatic carbocycles. The quantitative estimate of drug-likeness (QED) is 0.567. The van der Waals surface area contributed by atoms with Crippen LogP contribution < -0.4 is 0 Å². The molecular formula is C9H19BO. The maximum atomic E-state index is 5.50. The minimum Gasteiger partial charge on any atom is -0.438 e. The molecule has 0 radical (unpaired) electrons. The molecule has 0 N–H and O–H groups in total. The Labute approximate surface area is 70.6 Å². The normalized spacial score (nSPS) is 19.6. The van der Waals surface area contributed by atoms with E-state index in [2.05, 4.69) is 13.8 Å². The molecular weight excluding hydrogens is 135 g/mol. The number of rotatable bonds is 3. The van der Waals surface area contributed by atoms with Crippen LogP contribution in [-0.4, -0.2) is 14.0 Å². The molecule has 2 heteroatoms. The molecule has 0 saturated heterocycles. The number of hydrogen-bond acceptors (Lipinski definition) is 1. The molecule has 0 aromatic heterocycles. The smallest absolute Gasteiger partial charge is 0.298 e. The topological polar surface area (TPSA) is 9.23 Å². The Morgan fingerprint density at radius 3 is 2.18 bits per heavy atom. The molecule has 0 spiro atoms. The average molecular weight is 154 g/mol. The molecule has 1 fully saturated rings. The highest BCUT2D eigenvalue weighted by Crippen LogP contribution is 2.36. The van der Waals surface area contributed by atoms with Gasteiger partial charge in [-0.05, 0) is 11.6 Å². The third-order valence-corrected chi connectivity index (χ3v) is 2.79. The summed E-state index contributed by atoms with van der Waals surface area (Å²) in [5, 5.41) is 0. The second-order valence-electron chi connectivity index (χ2n) is 3.99. The third kappa shape index (κ3) is 2.23. The first-order chi connectivity index (χ1) is 5.25. The fourth-order valence-electron chi connectivity index (χ4n) is 2.29. The zero-order valence-corrected chi connectivity index (χ0v) is 7.97. The lowest BCUT2D eigenvalue weighted by Crippen LogP contribution is -2.25. The van der Waals surface area contributed by atoms with Crippen LogP contribution in [0.2, 0.25) is 11.6 Å². The molecule has 1 aliphatic rings. The van der Waals surface area contributed by atoms with Crippen LogP contribution in [0.1, 0.15) is 39.5 Å². The lowest BCUT2D eigenvalue weighted by Gasteiger charge is -2.20. The molecule has 11 heavy (non-hydrogen) atoms. The lowest BCUT2D eigenvalue weighted by molar-refractivity contribution is 0.396. The standard InChI is InChI=1S/C9H19BO/c1-8(2)10(11-3)9-6-4-5-7-9/h8-9H,4-7H2,1-3H3. The highest BCUT2D eigenvalue weighted by molar-refractivity contribution is 6.55. The van der Waals surface area contributed by atoms with Gasteiger partial charge in [-0.15, -0.1) is 0 Å². The van der Waals surface area contributed by atoms with Crippen LogP contribution in [-0.2, 0) is 4.65 Å². The molecule has 0 aliphatic heterocycles. The van der Waals surface area contributed by atoms with E-state index in [9.17, 15) is 0 Å². The van der Waals surface area contributed by atoms with E-state index in [0.29, 0.717) is 12.7 Å². The van der Waals surface area contributed by atoms with E-state index in [0.717, 1.165) is 5.82 Å². The van der Waals surface area contributed by atoms with Gasteiger partial charge in [0, 0.05) is 7.11 Å². The van der Waals surface area contributed by atoms with Gasteiger partial charge in [0.15, 0.2) is 0 Å². The van der Waals surface area contributed by atoms with Crippen molar-refractivity contribution in [3.8, 4) is 0 Å². The van der Waals surface area contributed by atoms with Gasteiger partial charge in [-0.3, -0.25) is 0 Å². The van der Waals surface area contributed by atoms with Crippen LogP contribution in [0.3, 0.4) is 0 Å². The van der Waals surface area contributed by atoms with E-state index in [1.165, 1.54) is 25.7 Å². The van der Waals surface area contributed by atoms with E-state index in [4.69, 9.17) is 4.65 Å². The van der Waals surface area contributed by atoms with Crippen molar-refractivity contribution in [1.82, 2.24) is 0 Å². The van der Waals surface area contributed by atoms with Crippen LogP contribution in [0.15, 0.2) is 0 Å². The summed E-state index contributed by atoms with van der Waals surface area (Å²) in [6, 6.07) is 0. The van der Waals surface area contributed by atoms with E-state index in [1.807, 2.05) is 7.11 Å². The minimum atomic E-state index is 0.512. The first-order valence-corrected chi connectivity index (χ1v) is 4.78. The predicted molar refractivity (Wildman–Crippen MR) is 50.1 cm³/mol. The Morgan fingerprint density at radius 1 is 1.27 bits per heavy atom. The highest BCUT2D eigenvalue weighted by atomic mass is 16.4. The molecule has 1 saturated carbocycles. The van der Waals surface area contributed by atoms with E-state index < -0.39 is 0 Å². The monoisotopic (exact) mass is 154 g/mol. The Bertz CT molecular complexity index is 108. The summed E-state index contributed by atoms with van der Waals surface area (Å²) in [5.41, 5.74) is 0. The molecule has 0 unspecified atom stereocenters.